The van der Waals surface area contributed by atoms with Gasteiger partial charge in [0.05, 0.1) is 12.2 Å². The quantitative estimate of drug-likeness (QED) is 0.527. The zero-order chi connectivity index (χ0) is 8.60. The molecule has 3 unspecified atom stereocenters. The maximum absolute atomic E-state index is 9.74. The van der Waals surface area contributed by atoms with Gasteiger partial charge < -0.3 is 10.2 Å². The van der Waals surface area contributed by atoms with Crippen molar-refractivity contribution in [2.45, 2.75) is 31.5 Å². The van der Waals surface area contributed by atoms with E-state index in [1.165, 1.54) is 0 Å². The van der Waals surface area contributed by atoms with Crippen LogP contribution in [-0.4, -0.2) is 22.4 Å². The van der Waals surface area contributed by atoms with Crippen LogP contribution < -0.4 is 0 Å². The lowest BCUT2D eigenvalue weighted by atomic mass is 9.71. The number of hydrogen-bond acceptors (Lipinski definition) is 2. The molecule has 12 heavy (non-hydrogen) atoms. The van der Waals surface area contributed by atoms with E-state index in [4.69, 9.17) is 0 Å². The van der Waals surface area contributed by atoms with Gasteiger partial charge in [-0.1, -0.05) is 24.3 Å². The maximum atomic E-state index is 9.74. The van der Waals surface area contributed by atoms with E-state index >= 15 is 0 Å². The van der Waals surface area contributed by atoms with Crippen LogP contribution in [0.1, 0.15) is 19.3 Å². The largest absolute Gasteiger partial charge is 0.388 e. The third-order valence-electron chi connectivity index (χ3n) is 3.09. The van der Waals surface area contributed by atoms with Gasteiger partial charge in [0.1, 0.15) is 0 Å². The summed E-state index contributed by atoms with van der Waals surface area (Å²) in [4.78, 5) is 0. The van der Waals surface area contributed by atoms with Gasteiger partial charge in [0, 0.05) is 5.41 Å². The topological polar surface area (TPSA) is 40.5 Å². The van der Waals surface area contributed by atoms with Gasteiger partial charge in [-0.25, -0.2) is 0 Å². The van der Waals surface area contributed by atoms with Crippen molar-refractivity contribution in [1.82, 2.24) is 0 Å². The predicted octanol–water partition coefficient (Wildman–Crippen LogP) is 1.00. The first-order valence-electron chi connectivity index (χ1n) is 4.45. The Balaban J connectivity index is 2.25. The van der Waals surface area contributed by atoms with Crippen molar-refractivity contribution in [3.05, 3.63) is 24.3 Å². The molecule has 2 aliphatic carbocycles. The predicted molar refractivity (Wildman–Crippen MR) is 46.6 cm³/mol. The lowest BCUT2D eigenvalue weighted by Crippen LogP contribution is -2.42. The van der Waals surface area contributed by atoms with E-state index in [9.17, 15) is 10.2 Å². The summed E-state index contributed by atoms with van der Waals surface area (Å²) in [7, 11) is 0. The van der Waals surface area contributed by atoms with Crippen LogP contribution >= 0.6 is 0 Å². The fourth-order valence-electron chi connectivity index (χ4n) is 2.19. The minimum absolute atomic E-state index is 0.297. The van der Waals surface area contributed by atoms with Crippen molar-refractivity contribution in [1.29, 1.82) is 0 Å². The van der Waals surface area contributed by atoms with Crippen molar-refractivity contribution in [2.75, 3.05) is 0 Å². The second-order valence-corrected chi connectivity index (χ2v) is 3.72. The first kappa shape index (κ1) is 8.02. The van der Waals surface area contributed by atoms with Crippen LogP contribution in [0.5, 0.6) is 0 Å². The molecule has 0 radical (unpaired) electrons. The fraction of sp³-hybridized carbons (Fsp3) is 0.600. The van der Waals surface area contributed by atoms with E-state index in [1.54, 1.807) is 12.2 Å². The Hall–Kier alpha value is -0.600. The second kappa shape index (κ2) is 2.71. The molecule has 2 heteroatoms. The zero-order valence-electron chi connectivity index (χ0n) is 6.98. The van der Waals surface area contributed by atoms with Gasteiger partial charge in [-0.15, -0.1) is 0 Å². The van der Waals surface area contributed by atoms with Crippen LogP contribution in [0.3, 0.4) is 0 Å². The summed E-state index contributed by atoms with van der Waals surface area (Å²) in [6.45, 7) is 0. The number of rotatable bonds is 0. The van der Waals surface area contributed by atoms with Crippen LogP contribution in [0.15, 0.2) is 24.3 Å². The monoisotopic (exact) mass is 166 g/mol. The molecule has 0 aromatic heterocycles. The Morgan fingerprint density at radius 2 is 1.75 bits per heavy atom. The molecule has 0 saturated heterocycles. The summed E-state index contributed by atoms with van der Waals surface area (Å²) >= 11 is 0. The van der Waals surface area contributed by atoms with E-state index in [2.05, 4.69) is 0 Å². The average molecular weight is 166 g/mol. The molecule has 0 saturated carbocycles. The minimum atomic E-state index is -0.476. The molecule has 0 amide bonds. The summed E-state index contributed by atoms with van der Waals surface area (Å²) in [6.07, 6.45) is 9.28. The Morgan fingerprint density at radius 1 is 1.08 bits per heavy atom. The fourth-order valence-corrected chi connectivity index (χ4v) is 2.19. The third kappa shape index (κ3) is 0.952. The van der Waals surface area contributed by atoms with E-state index in [1.807, 2.05) is 12.2 Å². The van der Waals surface area contributed by atoms with Crippen molar-refractivity contribution in [3.63, 3.8) is 0 Å². The molecule has 0 heterocycles. The zero-order valence-corrected chi connectivity index (χ0v) is 6.98. The second-order valence-electron chi connectivity index (χ2n) is 3.72. The van der Waals surface area contributed by atoms with Crippen molar-refractivity contribution in [2.24, 2.45) is 5.41 Å². The molecule has 2 nitrogen and oxygen atoms in total. The Labute approximate surface area is 72.2 Å². The van der Waals surface area contributed by atoms with Gasteiger partial charge in [0.15, 0.2) is 0 Å². The van der Waals surface area contributed by atoms with Gasteiger partial charge in [-0.2, -0.15) is 0 Å². The van der Waals surface area contributed by atoms with Crippen LogP contribution in [0, 0.1) is 5.41 Å². The highest BCUT2D eigenvalue weighted by atomic mass is 16.3. The number of aliphatic hydroxyl groups excluding tert-OH is 2. The molecule has 66 valence electrons. The lowest BCUT2D eigenvalue weighted by molar-refractivity contribution is -0.0261. The highest BCUT2D eigenvalue weighted by Crippen LogP contribution is 2.43. The van der Waals surface area contributed by atoms with Crippen molar-refractivity contribution >= 4 is 0 Å². The Bertz CT molecular complexity index is 232. The molecule has 2 aliphatic rings. The molecular weight excluding hydrogens is 152 g/mol. The minimum Gasteiger partial charge on any atom is -0.388 e. The Kier molecular flexibility index (Phi) is 1.81. The molecule has 2 rings (SSSR count). The molecule has 3 atom stereocenters. The van der Waals surface area contributed by atoms with Gasteiger partial charge in [0.25, 0.3) is 0 Å². The van der Waals surface area contributed by atoms with Crippen molar-refractivity contribution < 1.29 is 10.2 Å². The number of hydrogen-bond donors (Lipinski definition) is 2. The first-order valence-corrected chi connectivity index (χ1v) is 4.45. The molecule has 0 aromatic rings. The number of aliphatic hydroxyl groups is 2. The molecule has 1 spiro atoms. The molecule has 2 N–H and O–H groups in total. The van der Waals surface area contributed by atoms with Crippen LogP contribution in [0.4, 0.5) is 0 Å². The highest BCUT2D eigenvalue weighted by Gasteiger charge is 2.44. The molecule has 0 bridgehead atoms. The lowest BCUT2D eigenvalue weighted by Gasteiger charge is -2.38. The van der Waals surface area contributed by atoms with Gasteiger partial charge >= 0.3 is 0 Å². The molecular formula is C10H14O2. The average Bonchev–Trinajstić information content (AvgIpc) is 2.41. The van der Waals surface area contributed by atoms with Gasteiger partial charge in [-0.05, 0) is 19.3 Å². The standard InChI is InChI=1S/C10H14O2/c11-8-4-1-2-6-10(8)7-3-5-9(10)12/h1,3-5,8-9,11-12H,2,6-7H2. The summed E-state index contributed by atoms with van der Waals surface area (Å²) in [6, 6.07) is 0. The normalized spacial score (nSPS) is 45.8. The number of allylic oxidation sites excluding steroid dienone is 2. The SMILES string of the molecule is OC1C=CCCC12CC=CC2O. The van der Waals surface area contributed by atoms with Gasteiger partial charge in [0.2, 0.25) is 0 Å². The van der Waals surface area contributed by atoms with E-state index in [-0.39, 0.29) is 5.41 Å². The van der Waals surface area contributed by atoms with E-state index in [0.29, 0.717) is 0 Å². The Morgan fingerprint density at radius 3 is 2.25 bits per heavy atom. The maximum Gasteiger partial charge on any atom is 0.0808 e. The van der Waals surface area contributed by atoms with Crippen LogP contribution in [0.25, 0.3) is 0 Å². The third-order valence-corrected chi connectivity index (χ3v) is 3.09. The van der Waals surface area contributed by atoms with Crippen molar-refractivity contribution in [3.8, 4) is 0 Å². The van der Waals surface area contributed by atoms with Crippen LogP contribution in [-0.2, 0) is 0 Å². The van der Waals surface area contributed by atoms with Crippen LogP contribution in [0.2, 0.25) is 0 Å². The highest BCUT2D eigenvalue weighted by molar-refractivity contribution is 5.18. The first-order chi connectivity index (χ1) is 5.76. The molecule has 0 aromatic carbocycles. The van der Waals surface area contributed by atoms with E-state index in [0.717, 1.165) is 19.3 Å². The van der Waals surface area contributed by atoms with Gasteiger partial charge in [-0.3, -0.25) is 0 Å². The smallest absolute Gasteiger partial charge is 0.0808 e. The summed E-state index contributed by atoms with van der Waals surface area (Å²) in [5, 5.41) is 19.4. The molecule has 0 fully saturated rings. The molecule has 0 aliphatic heterocycles. The summed E-state index contributed by atoms with van der Waals surface area (Å²) < 4.78 is 0. The van der Waals surface area contributed by atoms with E-state index < -0.39 is 12.2 Å². The summed E-state index contributed by atoms with van der Waals surface area (Å²) in [5.41, 5.74) is -0.297. The summed E-state index contributed by atoms with van der Waals surface area (Å²) in [5.74, 6) is 0.